The third-order valence-electron chi connectivity index (χ3n) is 8.21. The third-order valence-corrected chi connectivity index (χ3v) is 8.21. The zero-order valence-corrected chi connectivity index (χ0v) is 25.8. The van der Waals surface area contributed by atoms with E-state index in [0.29, 0.717) is 19.4 Å². The van der Waals surface area contributed by atoms with Crippen molar-refractivity contribution in [3.63, 3.8) is 0 Å². The largest absolute Gasteiger partial charge is 0.459 e. The van der Waals surface area contributed by atoms with E-state index in [0.717, 1.165) is 24.8 Å². The van der Waals surface area contributed by atoms with Crippen LogP contribution in [0.25, 0.3) is 0 Å². The molecule has 0 bridgehead atoms. The van der Waals surface area contributed by atoms with Gasteiger partial charge in [0.25, 0.3) is 0 Å². The van der Waals surface area contributed by atoms with Crippen LogP contribution >= 0.6 is 0 Å². The average molecular weight is 592 g/mol. The van der Waals surface area contributed by atoms with E-state index in [1.165, 1.54) is 13.0 Å². The highest BCUT2D eigenvalue weighted by Gasteiger charge is 2.62. The molecular weight excluding hydrogens is 542 g/mol. The van der Waals surface area contributed by atoms with E-state index in [4.69, 9.17) is 18.9 Å². The van der Waals surface area contributed by atoms with E-state index in [9.17, 15) is 24.6 Å². The second-order valence-electron chi connectivity index (χ2n) is 12.2. The van der Waals surface area contributed by atoms with Crippen molar-refractivity contribution in [1.82, 2.24) is 5.32 Å². The molecule has 9 atom stereocenters. The van der Waals surface area contributed by atoms with Crippen LogP contribution < -0.4 is 5.32 Å². The lowest BCUT2D eigenvalue weighted by molar-refractivity contribution is -0.282. The van der Waals surface area contributed by atoms with Crippen molar-refractivity contribution >= 4 is 17.7 Å². The average Bonchev–Trinajstić information content (AvgIpc) is 3.67. The zero-order valence-electron chi connectivity index (χ0n) is 25.8. The molecule has 0 saturated carbocycles. The maximum Gasteiger partial charge on any atom is 0.303 e. The van der Waals surface area contributed by atoms with Gasteiger partial charge in [0.05, 0.1) is 31.3 Å². The van der Waals surface area contributed by atoms with Gasteiger partial charge in [0.1, 0.15) is 29.7 Å². The number of epoxide rings is 1. The highest BCUT2D eigenvalue weighted by molar-refractivity contribution is 5.87. The van der Waals surface area contributed by atoms with Crippen LogP contribution in [-0.2, 0) is 33.3 Å². The van der Waals surface area contributed by atoms with Gasteiger partial charge in [-0.1, -0.05) is 44.1 Å². The van der Waals surface area contributed by atoms with Crippen molar-refractivity contribution in [3.8, 4) is 0 Å². The summed E-state index contributed by atoms with van der Waals surface area (Å²) in [4.78, 5) is 35.8. The number of aliphatic hydroxyl groups excluding tert-OH is 1. The van der Waals surface area contributed by atoms with Crippen molar-refractivity contribution in [3.05, 3.63) is 36.0 Å². The van der Waals surface area contributed by atoms with Gasteiger partial charge >= 0.3 is 5.97 Å². The molecule has 10 nitrogen and oxygen atoms in total. The highest BCUT2D eigenvalue weighted by Crippen LogP contribution is 2.47. The topological polar surface area (TPSA) is 144 Å². The number of aliphatic hydroxyl groups is 2. The van der Waals surface area contributed by atoms with Crippen LogP contribution in [0.15, 0.2) is 36.0 Å². The van der Waals surface area contributed by atoms with E-state index in [1.807, 2.05) is 26.8 Å². The zero-order chi connectivity index (χ0) is 31.1. The first-order valence-electron chi connectivity index (χ1n) is 15.2. The minimum Gasteiger partial charge on any atom is -0.459 e. The fourth-order valence-electron chi connectivity index (χ4n) is 5.70. The Hall–Kier alpha value is -2.37. The minimum absolute atomic E-state index is 0.0325. The minimum atomic E-state index is -1.67. The lowest BCUT2D eigenvalue weighted by atomic mass is 9.84. The van der Waals surface area contributed by atoms with E-state index in [-0.39, 0.29) is 48.7 Å². The Labute approximate surface area is 249 Å². The Morgan fingerprint density at radius 2 is 1.90 bits per heavy atom. The Kier molecular flexibility index (Phi) is 12.1. The van der Waals surface area contributed by atoms with Crippen molar-refractivity contribution < 1.29 is 43.5 Å². The number of amides is 1. The molecule has 3 rings (SSSR count). The molecule has 0 aliphatic carbocycles. The van der Waals surface area contributed by atoms with Crippen molar-refractivity contribution in [2.24, 2.45) is 5.92 Å². The molecular formula is C32H49NO9. The lowest BCUT2D eigenvalue weighted by Crippen LogP contribution is -2.56. The number of rotatable bonds is 13. The summed E-state index contributed by atoms with van der Waals surface area (Å²) >= 11 is 0. The van der Waals surface area contributed by atoms with E-state index < -0.39 is 35.7 Å². The van der Waals surface area contributed by atoms with Crippen molar-refractivity contribution in [2.75, 3.05) is 6.61 Å². The second kappa shape index (κ2) is 14.9. The summed E-state index contributed by atoms with van der Waals surface area (Å²) in [5, 5.41) is 25.0. The predicted octanol–water partition coefficient (Wildman–Crippen LogP) is 3.44. The Morgan fingerprint density at radius 3 is 2.55 bits per heavy atom. The van der Waals surface area contributed by atoms with E-state index in [1.54, 1.807) is 19.1 Å². The molecule has 0 radical (unpaired) electrons. The van der Waals surface area contributed by atoms with Gasteiger partial charge in [-0.2, -0.15) is 0 Å². The van der Waals surface area contributed by atoms with Crippen LogP contribution in [-0.4, -0.2) is 82.4 Å². The van der Waals surface area contributed by atoms with Crippen LogP contribution in [0.4, 0.5) is 0 Å². The molecule has 0 aromatic carbocycles. The SMILES string of the molecule is CCCCC(=O)C[C@]1(O)C[C@@]2(CO2)[C@H](O)[C@@H](/C=C/C(C)=C/C[C@@H]2O[C@H](C)[C@H](NC(=O)/C=C\[C@H](C)OC(C)=O)C[C@@H]2C)O1. The number of hydrogen-bond acceptors (Lipinski definition) is 9. The second-order valence-corrected chi connectivity index (χ2v) is 12.2. The standard InChI is InChI=1S/C32H49NO9/c1-7-8-9-25(35)17-32(38)18-31(19-39-31)30(37)28(42-32)14-11-20(2)10-13-27-21(3)16-26(23(5)41-27)33-29(36)15-12-22(4)40-24(6)34/h10-12,14-15,21-23,26-28,30,37-38H,7-9,13,16-19H2,1-6H3,(H,33,36)/b14-11+,15-12-,20-10+/t21-,22-,23+,26+,27-,28+,30+,31+,32+/m0/s1. The van der Waals surface area contributed by atoms with Crippen LogP contribution in [0.1, 0.15) is 86.5 Å². The number of ether oxygens (including phenoxy) is 4. The number of carbonyl (C=O) groups excluding carboxylic acids is 3. The molecule has 1 amide bonds. The first-order chi connectivity index (χ1) is 19.8. The normalized spacial score (nSPS) is 35.9. The van der Waals surface area contributed by atoms with Gasteiger partial charge in [0.2, 0.25) is 5.91 Å². The molecule has 0 aromatic rings. The summed E-state index contributed by atoms with van der Waals surface area (Å²) in [6, 6.07) is -0.142. The Bertz CT molecular complexity index is 1050. The molecule has 3 fully saturated rings. The number of nitrogens with one attached hydrogen (secondary N) is 1. The van der Waals surface area contributed by atoms with E-state index >= 15 is 0 Å². The summed E-state index contributed by atoms with van der Waals surface area (Å²) in [5.41, 5.74) is 0.0599. The number of unbranched alkanes of at least 4 members (excludes halogenated alkanes) is 1. The predicted molar refractivity (Wildman–Crippen MR) is 156 cm³/mol. The molecule has 0 aromatic heterocycles. The quantitative estimate of drug-likeness (QED) is 0.127. The maximum absolute atomic E-state index is 12.4. The van der Waals surface area contributed by atoms with Gasteiger partial charge in [-0.15, -0.1) is 0 Å². The van der Waals surface area contributed by atoms with Gasteiger partial charge in [-0.25, -0.2) is 0 Å². The number of ketones is 1. The van der Waals surface area contributed by atoms with Gasteiger partial charge < -0.3 is 34.5 Å². The van der Waals surface area contributed by atoms with E-state index in [2.05, 4.69) is 18.3 Å². The third kappa shape index (κ3) is 9.84. The molecule has 42 heavy (non-hydrogen) atoms. The Morgan fingerprint density at radius 1 is 1.19 bits per heavy atom. The first-order valence-corrected chi connectivity index (χ1v) is 15.2. The first kappa shape index (κ1) is 34.1. The molecule has 3 aliphatic rings. The molecule has 3 heterocycles. The molecule has 3 saturated heterocycles. The van der Waals surface area contributed by atoms with Gasteiger partial charge in [0, 0.05) is 25.8 Å². The lowest BCUT2D eigenvalue weighted by Gasteiger charge is -2.42. The monoisotopic (exact) mass is 591 g/mol. The van der Waals surface area contributed by atoms with Crippen LogP contribution in [0.3, 0.4) is 0 Å². The summed E-state index contributed by atoms with van der Waals surface area (Å²) < 4.78 is 22.7. The molecule has 3 N–H and O–H groups in total. The summed E-state index contributed by atoms with van der Waals surface area (Å²) in [5.74, 6) is -2.20. The summed E-state index contributed by atoms with van der Waals surface area (Å²) in [6.45, 7) is 11.3. The molecule has 3 aliphatic heterocycles. The van der Waals surface area contributed by atoms with Gasteiger partial charge in [0.15, 0.2) is 5.79 Å². The fourth-order valence-corrected chi connectivity index (χ4v) is 5.70. The Balaban J connectivity index is 1.53. The summed E-state index contributed by atoms with van der Waals surface area (Å²) in [6.07, 6.45) is 9.51. The van der Waals surface area contributed by atoms with Crippen LogP contribution in [0.2, 0.25) is 0 Å². The van der Waals surface area contributed by atoms with Crippen LogP contribution in [0, 0.1) is 5.92 Å². The van der Waals surface area contributed by atoms with Gasteiger partial charge in [-0.3, -0.25) is 14.4 Å². The molecule has 10 heteroatoms. The smallest absolute Gasteiger partial charge is 0.303 e. The fraction of sp³-hybridized carbons (Fsp3) is 0.719. The molecule has 236 valence electrons. The number of esters is 1. The van der Waals surface area contributed by atoms with Crippen LogP contribution in [0.5, 0.6) is 0 Å². The number of carbonyl (C=O) groups is 3. The van der Waals surface area contributed by atoms with Gasteiger partial charge in [-0.05, 0) is 52.0 Å². The van der Waals surface area contributed by atoms with Crippen molar-refractivity contribution in [1.29, 1.82) is 0 Å². The number of Topliss-reactive ketones (excluding diaryl/α,β-unsaturated/α-hetero) is 1. The maximum atomic E-state index is 12.4. The highest BCUT2D eigenvalue weighted by atomic mass is 16.7. The summed E-state index contributed by atoms with van der Waals surface area (Å²) in [7, 11) is 0. The van der Waals surface area contributed by atoms with Crippen molar-refractivity contribution in [2.45, 2.75) is 134 Å². The number of allylic oxidation sites excluding steroid dienone is 2. The molecule has 0 unspecified atom stereocenters. The number of hydrogen-bond donors (Lipinski definition) is 3. The molecule has 1 spiro atoms.